The number of benzene rings is 3. The van der Waals surface area contributed by atoms with Crippen LogP contribution in [0.4, 0.5) is 0 Å². The number of hydrogen-bond acceptors (Lipinski definition) is 3. The molecular formula is C27H28N2O2. The van der Waals surface area contributed by atoms with Gasteiger partial charge in [0.2, 0.25) is 0 Å². The molecule has 0 unspecified atom stereocenters. The second-order valence-electron chi connectivity index (χ2n) is 7.50. The molecule has 158 valence electrons. The molecule has 4 aromatic rings. The van der Waals surface area contributed by atoms with Gasteiger partial charge >= 0.3 is 0 Å². The highest BCUT2D eigenvalue weighted by molar-refractivity contribution is 5.78. The average Bonchev–Trinajstić information content (AvgIpc) is 3.27. The van der Waals surface area contributed by atoms with Crippen LogP contribution < -0.4 is 4.74 Å². The Bertz CT molecular complexity index is 1020. The maximum absolute atomic E-state index is 5.84. The molecule has 0 aliphatic rings. The van der Waals surface area contributed by atoms with Gasteiger partial charge in [0.1, 0.15) is 11.6 Å². The molecular weight excluding hydrogens is 384 g/mol. The Morgan fingerprint density at radius 2 is 1.55 bits per heavy atom. The number of nitrogens with zero attached hydrogens (tertiary/aromatic N) is 1. The van der Waals surface area contributed by atoms with E-state index in [4.69, 9.17) is 14.5 Å². The molecule has 1 heterocycles. The molecule has 0 saturated heterocycles. The molecule has 0 amide bonds. The normalized spacial score (nSPS) is 10.9. The summed E-state index contributed by atoms with van der Waals surface area (Å²) in [6, 6.07) is 28.8. The van der Waals surface area contributed by atoms with E-state index < -0.39 is 0 Å². The van der Waals surface area contributed by atoms with Gasteiger partial charge in [0.15, 0.2) is 0 Å². The quantitative estimate of drug-likeness (QED) is 0.311. The molecule has 31 heavy (non-hydrogen) atoms. The summed E-state index contributed by atoms with van der Waals surface area (Å²) in [7, 11) is 1.68. The lowest BCUT2D eigenvalue weighted by Gasteiger charge is -2.06. The standard InChI is InChI=1S/C27H28N2O2/c1-30-24-16-10-11-21(19-24)20-31-18-9-8-17-25-28-26(22-12-4-2-5-13-22)27(29-25)23-14-6-3-7-15-23/h2-7,10-16,19H,8-9,17-18,20H2,1H3,(H,28,29). The summed E-state index contributed by atoms with van der Waals surface area (Å²) in [5.74, 6) is 1.88. The van der Waals surface area contributed by atoms with Gasteiger partial charge in [-0.2, -0.15) is 0 Å². The topological polar surface area (TPSA) is 47.1 Å². The van der Waals surface area contributed by atoms with E-state index in [0.29, 0.717) is 6.61 Å². The zero-order chi connectivity index (χ0) is 21.3. The monoisotopic (exact) mass is 412 g/mol. The van der Waals surface area contributed by atoms with Gasteiger partial charge in [-0.25, -0.2) is 4.98 Å². The summed E-state index contributed by atoms with van der Waals surface area (Å²) < 4.78 is 11.1. The molecule has 3 aromatic carbocycles. The Labute approximate surface area is 183 Å². The third kappa shape index (κ3) is 5.62. The molecule has 0 fully saturated rings. The number of imidazole rings is 1. The highest BCUT2D eigenvalue weighted by Gasteiger charge is 2.13. The highest BCUT2D eigenvalue weighted by Crippen LogP contribution is 2.30. The van der Waals surface area contributed by atoms with Crippen molar-refractivity contribution in [3.8, 4) is 28.3 Å². The zero-order valence-corrected chi connectivity index (χ0v) is 17.9. The lowest BCUT2D eigenvalue weighted by molar-refractivity contribution is 0.117. The zero-order valence-electron chi connectivity index (χ0n) is 17.9. The second kappa shape index (κ2) is 10.6. The second-order valence-corrected chi connectivity index (χ2v) is 7.50. The first-order chi connectivity index (χ1) is 15.3. The third-order valence-electron chi connectivity index (χ3n) is 5.22. The van der Waals surface area contributed by atoms with Crippen molar-refractivity contribution in [2.45, 2.75) is 25.9 Å². The van der Waals surface area contributed by atoms with Crippen LogP contribution >= 0.6 is 0 Å². The number of H-pyrrole nitrogens is 1. The first kappa shape index (κ1) is 20.9. The van der Waals surface area contributed by atoms with Gasteiger partial charge in [0, 0.05) is 24.2 Å². The van der Waals surface area contributed by atoms with E-state index in [9.17, 15) is 0 Å². The van der Waals surface area contributed by atoms with Crippen molar-refractivity contribution in [3.05, 3.63) is 96.3 Å². The molecule has 0 spiro atoms. The van der Waals surface area contributed by atoms with Gasteiger partial charge in [0.25, 0.3) is 0 Å². The number of aryl methyl sites for hydroxylation is 1. The predicted octanol–water partition coefficient (Wildman–Crippen LogP) is 6.29. The van der Waals surface area contributed by atoms with E-state index in [1.807, 2.05) is 30.3 Å². The van der Waals surface area contributed by atoms with Crippen LogP contribution in [0.1, 0.15) is 24.2 Å². The fourth-order valence-corrected chi connectivity index (χ4v) is 3.61. The lowest BCUT2D eigenvalue weighted by Crippen LogP contribution is -1.98. The summed E-state index contributed by atoms with van der Waals surface area (Å²) in [5.41, 5.74) is 5.50. The molecule has 4 rings (SSSR count). The molecule has 4 nitrogen and oxygen atoms in total. The van der Waals surface area contributed by atoms with E-state index >= 15 is 0 Å². The Morgan fingerprint density at radius 1 is 0.806 bits per heavy atom. The van der Waals surface area contributed by atoms with E-state index in [0.717, 1.165) is 65.5 Å². The van der Waals surface area contributed by atoms with Crippen molar-refractivity contribution < 1.29 is 9.47 Å². The van der Waals surface area contributed by atoms with E-state index in [1.54, 1.807) is 7.11 Å². The number of unbranched alkanes of at least 4 members (excludes halogenated alkanes) is 1. The first-order valence-corrected chi connectivity index (χ1v) is 10.7. The molecule has 0 aliphatic heterocycles. The Hall–Kier alpha value is -3.37. The molecule has 1 N–H and O–H groups in total. The number of nitrogens with one attached hydrogen (secondary N) is 1. The van der Waals surface area contributed by atoms with Gasteiger partial charge in [-0.05, 0) is 30.5 Å². The van der Waals surface area contributed by atoms with Gasteiger partial charge in [-0.3, -0.25) is 0 Å². The minimum absolute atomic E-state index is 0.605. The van der Waals surface area contributed by atoms with Crippen molar-refractivity contribution in [3.63, 3.8) is 0 Å². The van der Waals surface area contributed by atoms with Crippen LogP contribution in [0.2, 0.25) is 0 Å². The highest BCUT2D eigenvalue weighted by atomic mass is 16.5. The number of methoxy groups -OCH3 is 1. The van der Waals surface area contributed by atoms with Crippen molar-refractivity contribution in [2.75, 3.05) is 13.7 Å². The smallest absolute Gasteiger partial charge is 0.119 e. The van der Waals surface area contributed by atoms with Crippen LogP contribution in [0.15, 0.2) is 84.9 Å². The minimum atomic E-state index is 0.605. The van der Waals surface area contributed by atoms with Crippen molar-refractivity contribution in [1.29, 1.82) is 0 Å². The number of hydrogen-bond donors (Lipinski definition) is 1. The van der Waals surface area contributed by atoms with Crippen LogP contribution in [0.3, 0.4) is 0 Å². The first-order valence-electron chi connectivity index (χ1n) is 10.7. The van der Waals surface area contributed by atoms with Crippen molar-refractivity contribution >= 4 is 0 Å². The molecule has 0 saturated carbocycles. The minimum Gasteiger partial charge on any atom is -0.497 e. The van der Waals surface area contributed by atoms with Gasteiger partial charge < -0.3 is 14.5 Å². The summed E-state index contributed by atoms with van der Waals surface area (Å²) in [6.07, 6.45) is 2.91. The van der Waals surface area contributed by atoms with Crippen LogP contribution in [0.25, 0.3) is 22.5 Å². The largest absolute Gasteiger partial charge is 0.497 e. The molecule has 0 aliphatic carbocycles. The summed E-state index contributed by atoms with van der Waals surface area (Å²) >= 11 is 0. The van der Waals surface area contributed by atoms with Crippen LogP contribution in [0, 0.1) is 0 Å². The maximum Gasteiger partial charge on any atom is 0.119 e. The SMILES string of the molecule is COc1cccc(COCCCCc2nc(-c3ccccc3)c(-c3ccccc3)[nH]2)c1. The van der Waals surface area contributed by atoms with E-state index in [1.165, 1.54) is 0 Å². The molecule has 1 aromatic heterocycles. The number of aromatic amines is 1. The van der Waals surface area contributed by atoms with Gasteiger partial charge in [-0.1, -0.05) is 72.8 Å². The van der Waals surface area contributed by atoms with Crippen molar-refractivity contribution in [2.24, 2.45) is 0 Å². The average molecular weight is 413 g/mol. The van der Waals surface area contributed by atoms with E-state index in [-0.39, 0.29) is 0 Å². The van der Waals surface area contributed by atoms with Crippen LogP contribution in [0.5, 0.6) is 5.75 Å². The molecule has 4 heteroatoms. The maximum atomic E-state index is 5.84. The Balaban J connectivity index is 1.34. The van der Waals surface area contributed by atoms with Gasteiger partial charge in [-0.15, -0.1) is 0 Å². The third-order valence-corrected chi connectivity index (χ3v) is 5.22. The van der Waals surface area contributed by atoms with Gasteiger partial charge in [0.05, 0.1) is 25.1 Å². The number of aromatic nitrogens is 2. The summed E-state index contributed by atoms with van der Waals surface area (Å²) in [5, 5.41) is 0. The lowest BCUT2D eigenvalue weighted by atomic mass is 10.1. The van der Waals surface area contributed by atoms with E-state index in [2.05, 4.69) is 59.6 Å². The predicted molar refractivity (Wildman–Crippen MR) is 125 cm³/mol. The molecule has 0 atom stereocenters. The Morgan fingerprint density at radius 3 is 2.29 bits per heavy atom. The summed E-state index contributed by atoms with van der Waals surface area (Å²) in [4.78, 5) is 8.49. The molecule has 0 radical (unpaired) electrons. The van der Waals surface area contributed by atoms with Crippen LogP contribution in [-0.4, -0.2) is 23.7 Å². The van der Waals surface area contributed by atoms with Crippen LogP contribution in [-0.2, 0) is 17.8 Å². The Kier molecular flexibility index (Phi) is 7.14. The number of ether oxygens (including phenoxy) is 2. The fraction of sp³-hybridized carbons (Fsp3) is 0.222. The molecule has 0 bridgehead atoms. The van der Waals surface area contributed by atoms with Crippen molar-refractivity contribution in [1.82, 2.24) is 9.97 Å². The number of rotatable bonds is 10. The summed E-state index contributed by atoms with van der Waals surface area (Å²) in [6.45, 7) is 1.34. The fourth-order valence-electron chi connectivity index (χ4n) is 3.61.